The number of rotatable bonds is 5. The van der Waals surface area contributed by atoms with E-state index in [1.165, 1.54) is 7.11 Å². The Morgan fingerprint density at radius 1 is 1.14 bits per heavy atom. The number of likely N-dealkylation sites (tertiary alicyclic amines) is 1. The number of hydrogen-bond acceptors (Lipinski definition) is 3. The van der Waals surface area contributed by atoms with Crippen LogP contribution in [0.5, 0.6) is 0 Å². The van der Waals surface area contributed by atoms with E-state index < -0.39 is 35.8 Å². The highest BCUT2D eigenvalue weighted by molar-refractivity contribution is 5.99. The van der Waals surface area contributed by atoms with Gasteiger partial charge in [0.05, 0.1) is 18.7 Å². The predicted molar refractivity (Wildman–Crippen MR) is 97.1 cm³/mol. The summed E-state index contributed by atoms with van der Waals surface area (Å²) < 4.78 is 58.0. The Hall–Kier alpha value is -2.94. The van der Waals surface area contributed by atoms with Crippen LogP contribution in [-0.2, 0) is 15.7 Å². The molecule has 9 heteroatoms. The first-order chi connectivity index (χ1) is 13.7. The zero-order valence-corrected chi connectivity index (χ0v) is 15.4. The van der Waals surface area contributed by atoms with Crippen molar-refractivity contribution < 1.29 is 31.9 Å². The number of nitrogens with one attached hydrogen (secondary N) is 1. The maximum Gasteiger partial charge on any atom is 0.416 e. The van der Waals surface area contributed by atoms with Crippen molar-refractivity contribution in [1.82, 2.24) is 4.90 Å². The molecule has 0 radical (unpaired) electrons. The molecule has 1 saturated heterocycles. The first kappa shape index (κ1) is 20.8. The Morgan fingerprint density at radius 3 is 2.34 bits per heavy atom. The number of hydrogen-bond donors (Lipinski definition) is 1. The molecule has 2 aromatic rings. The van der Waals surface area contributed by atoms with Gasteiger partial charge in [0.15, 0.2) is 6.10 Å². The molecule has 3 rings (SSSR count). The van der Waals surface area contributed by atoms with E-state index in [2.05, 4.69) is 5.32 Å². The number of methoxy groups -OCH3 is 1. The molecular weight excluding hydrogens is 392 g/mol. The van der Waals surface area contributed by atoms with E-state index in [1.54, 1.807) is 30.3 Å². The van der Waals surface area contributed by atoms with Crippen LogP contribution in [-0.4, -0.2) is 43.1 Å². The molecular formula is C20H18F4N2O3. The molecule has 1 atom stereocenters. The average Bonchev–Trinajstić information content (AvgIpc) is 2.65. The second-order valence-corrected chi connectivity index (χ2v) is 6.62. The Kier molecular flexibility index (Phi) is 5.88. The van der Waals surface area contributed by atoms with E-state index >= 15 is 0 Å². The van der Waals surface area contributed by atoms with Gasteiger partial charge >= 0.3 is 6.18 Å². The number of ether oxygens (including phenoxy) is 1. The number of anilines is 1. The molecule has 1 aliphatic heterocycles. The fourth-order valence-electron chi connectivity index (χ4n) is 2.99. The topological polar surface area (TPSA) is 58.6 Å². The summed E-state index contributed by atoms with van der Waals surface area (Å²) in [6.07, 6.45) is -6.96. The van der Waals surface area contributed by atoms with E-state index in [0.29, 0.717) is 11.6 Å². The second-order valence-electron chi connectivity index (χ2n) is 6.62. The molecule has 1 heterocycles. The Bertz CT molecular complexity index is 896. The number of halogens is 4. The first-order valence-electron chi connectivity index (χ1n) is 8.73. The average molecular weight is 410 g/mol. The van der Waals surface area contributed by atoms with Crippen LogP contribution in [0.2, 0.25) is 0 Å². The minimum atomic E-state index is -4.73. The third kappa shape index (κ3) is 4.73. The molecule has 0 spiro atoms. The standard InChI is InChI=1S/C20H18F4N2O3/c1-29-17(12-5-3-2-4-6-12)18(27)25-16-8-13(7-14(9-16)20(22,23)24)19(28)26-10-15(21)11-26/h2-9,15,17H,10-11H2,1H3,(H,25,27). The molecule has 154 valence electrons. The zero-order chi connectivity index (χ0) is 21.2. The van der Waals surface area contributed by atoms with Gasteiger partial charge in [-0.15, -0.1) is 0 Å². The highest BCUT2D eigenvalue weighted by Gasteiger charge is 2.35. The fraction of sp³-hybridized carbons (Fsp3) is 0.300. The van der Waals surface area contributed by atoms with Crippen molar-refractivity contribution in [3.05, 3.63) is 65.2 Å². The van der Waals surface area contributed by atoms with Gasteiger partial charge in [-0.05, 0) is 23.8 Å². The van der Waals surface area contributed by atoms with Gasteiger partial charge in [-0.2, -0.15) is 13.2 Å². The van der Waals surface area contributed by atoms with Crippen LogP contribution in [0.25, 0.3) is 0 Å². The minimum Gasteiger partial charge on any atom is -0.367 e. The summed E-state index contributed by atoms with van der Waals surface area (Å²) in [6.45, 7) is -0.340. The van der Waals surface area contributed by atoms with Crippen LogP contribution in [0.15, 0.2) is 48.5 Å². The van der Waals surface area contributed by atoms with Crippen molar-refractivity contribution in [3.63, 3.8) is 0 Å². The van der Waals surface area contributed by atoms with Crippen molar-refractivity contribution in [1.29, 1.82) is 0 Å². The molecule has 0 bridgehead atoms. The normalized spacial score (nSPS) is 15.6. The van der Waals surface area contributed by atoms with Gasteiger partial charge in [0.2, 0.25) is 0 Å². The van der Waals surface area contributed by atoms with E-state index in [-0.39, 0.29) is 24.3 Å². The zero-order valence-electron chi connectivity index (χ0n) is 15.4. The lowest BCUT2D eigenvalue weighted by Crippen LogP contribution is -2.51. The number of carbonyl (C=O) groups excluding carboxylic acids is 2. The van der Waals surface area contributed by atoms with Crippen LogP contribution in [0.1, 0.15) is 27.6 Å². The fourth-order valence-corrected chi connectivity index (χ4v) is 2.99. The number of nitrogens with zero attached hydrogens (tertiary/aromatic N) is 1. The van der Waals surface area contributed by atoms with Gasteiger partial charge < -0.3 is 15.0 Å². The number of amides is 2. The number of carbonyl (C=O) groups is 2. The second kappa shape index (κ2) is 8.20. The number of alkyl halides is 4. The van der Waals surface area contributed by atoms with Crippen LogP contribution in [0.3, 0.4) is 0 Å². The molecule has 2 aromatic carbocycles. The lowest BCUT2D eigenvalue weighted by molar-refractivity contribution is -0.137. The highest BCUT2D eigenvalue weighted by atomic mass is 19.4. The third-order valence-corrected chi connectivity index (χ3v) is 4.48. The van der Waals surface area contributed by atoms with Gasteiger partial charge in [-0.25, -0.2) is 4.39 Å². The van der Waals surface area contributed by atoms with E-state index in [4.69, 9.17) is 4.74 Å². The Morgan fingerprint density at radius 2 is 1.79 bits per heavy atom. The minimum absolute atomic E-state index is 0.170. The van der Waals surface area contributed by atoms with Crippen molar-refractivity contribution in [2.45, 2.75) is 18.5 Å². The summed E-state index contributed by atoms with van der Waals surface area (Å²) in [5.41, 5.74) is -1.06. The summed E-state index contributed by atoms with van der Waals surface area (Å²) in [5.74, 6) is -1.42. The largest absolute Gasteiger partial charge is 0.416 e. The molecule has 5 nitrogen and oxygen atoms in total. The first-order valence-corrected chi connectivity index (χ1v) is 8.73. The molecule has 0 aliphatic carbocycles. The lowest BCUT2D eigenvalue weighted by Gasteiger charge is -2.34. The maximum absolute atomic E-state index is 13.3. The van der Waals surface area contributed by atoms with Crippen molar-refractivity contribution in [3.8, 4) is 0 Å². The van der Waals surface area contributed by atoms with Crippen LogP contribution in [0.4, 0.5) is 23.2 Å². The molecule has 1 N–H and O–H groups in total. The van der Waals surface area contributed by atoms with Crippen molar-refractivity contribution in [2.24, 2.45) is 0 Å². The van der Waals surface area contributed by atoms with E-state index in [9.17, 15) is 27.2 Å². The van der Waals surface area contributed by atoms with Crippen molar-refractivity contribution in [2.75, 3.05) is 25.5 Å². The van der Waals surface area contributed by atoms with Gasteiger partial charge in [-0.1, -0.05) is 30.3 Å². The molecule has 1 unspecified atom stereocenters. The third-order valence-electron chi connectivity index (χ3n) is 4.48. The molecule has 1 fully saturated rings. The molecule has 29 heavy (non-hydrogen) atoms. The maximum atomic E-state index is 13.3. The smallest absolute Gasteiger partial charge is 0.367 e. The summed E-state index contributed by atoms with van der Waals surface area (Å²) in [4.78, 5) is 26.0. The summed E-state index contributed by atoms with van der Waals surface area (Å²) in [6, 6.07) is 11.0. The van der Waals surface area contributed by atoms with Gasteiger partial charge in [-0.3, -0.25) is 9.59 Å². The van der Waals surface area contributed by atoms with Gasteiger partial charge in [0.1, 0.15) is 6.17 Å². The SMILES string of the molecule is COC(C(=O)Nc1cc(C(=O)N2CC(F)C2)cc(C(F)(F)F)c1)c1ccccc1. The van der Waals surface area contributed by atoms with Gasteiger partial charge in [0.25, 0.3) is 11.8 Å². The van der Waals surface area contributed by atoms with Gasteiger partial charge in [0, 0.05) is 18.4 Å². The molecule has 0 aromatic heterocycles. The van der Waals surface area contributed by atoms with Crippen LogP contribution in [0, 0.1) is 0 Å². The monoisotopic (exact) mass is 410 g/mol. The summed E-state index contributed by atoms with van der Waals surface area (Å²) >= 11 is 0. The summed E-state index contributed by atoms with van der Waals surface area (Å²) in [7, 11) is 1.30. The Balaban J connectivity index is 1.88. The molecule has 1 aliphatic rings. The number of benzene rings is 2. The van der Waals surface area contributed by atoms with E-state index in [0.717, 1.165) is 17.0 Å². The predicted octanol–water partition coefficient (Wildman–Crippen LogP) is 3.83. The van der Waals surface area contributed by atoms with E-state index in [1.807, 2.05) is 0 Å². The quantitative estimate of drug-likeness (QED) is 0.763. The molecule has 0 saturated carbocycles. The van der Waals surface area contributed by atoms with Crippen LogP contribution < -0.4 is 5.32 Å². The van der Waals surface area contributed by atoms with Crippen molar-refractivity contribution >= 4 is 17.5 Å². The van der Waals surface area contributed by atoms with Crippen LogP contribution >= 0.6 is 0 Å². The summed E-state index contributed by atoms with van der Waals surface area (Å²) in [5, 5.41) is 2.37. The lowest BCUT2D eigenvalue weighted by atomic mass is 10.0. The Labute approximate surface area is 164 Å². The molecule has 2 amide bonds. The highest BCUT2D eigenvalue weighted by Crippen LogP contribution is 2.33.